The van der Waals surface area contributed by atoms with E-state index in [0.717, 1.165) is 24.1 Å². The molecule has 0 spiro atoms. The fraction of sp³-hybridized carbons (Fsp3) is 0.267. The van der Waals surface area contributed by atoms with Gasteiger partial charge in [0.05, 0.1) is 6.61 Å². The third-order valence-corrected chi connectivity index (χ3v) is 3.06. The van der Waals surface area contributed by atoms with Gasteiger partial charge in [0.25, 0.3) is 0 Å². The predicted molar refractivity (Wildman–Crippen MR) is 82.9 cm³/mol. The maximum atomic E-state index is 5.66. The molecule has 0 amide bonds. The lowest BCUT2D eigenvalue weighted by Gasteiger charge is -2.08. The summed E-state index contributed by atoms with van der Waals surface area (Å²) in [5.41, 5.74) is 8.51. The van der Waals surface area contributed by atoms with Crippen LogP contribution in [0, 0.1) is 6.92 Å². The highest BCUT2D eigenvalue weighted by molar-refractivity contribution is 7.80. The number of aryl methyl sites for hydroxylation is 2. The second-order valence-corrected chi connectivity index (χ2v) is 4.95. The van der Waals surface area contributed by atoms with Gasteiger partial charge in [-0.3, -0.25) is 4.98 Å². The minimum absolute atomic E-state index is 0.358. The topological polar surface area (TPSA) is 61.0 Å². The maximum Gasteiger partial charge on any atom is 0.214 e. The maximum absolute atomic E-state index is 5.66. The van der Waals surface area contributed by atoms with E-state index in [4.69, 9.17) is 22.7 Å². The van der Waals surface area contributed by atoms with Crippen molar-refractivity contribution < 1.29 is 4.74 Å². The Labute approximate surface area is 124 Å². The first-order valence-electron chi connectivity index (χ1n) is 6.45. The Morgan fingerprint density at radius 2 is 2.05 bits per heavy atom. The van der Waals surface area contributed by atoms with Crippen molar-refractivity contribution in [1.29, 1.82) is 0 Å². The summed E-state index contributed by atoms with van der Waals surface area (Å²) in [5, 5.41) is 0. The molecule has 0 radical (unpaired) electrons. The van der Waals surface area contributed by atoms with Crippen LogP contribution in [0.5, 0.6) is 5.88 Å². The van der Waals surface area contributed by atoms with Gasteiger partial charge in [-0.2, -0.15) is 0 Å². The Hall–Kier alpha value is -2.01. The van der Waals surface area contributed by atoms with E-state index < -0.39 is 0 Å². The number of nitrogens with zero attached hydrogens (tertiary/aromatic N) is 2. The van der Waals surface area contributed by atoms with Crippen molar-refractivity contribution in [3.63, 3.8) is 0 Å². The van der Waals surface area contributed by atoms with Crippen LogP contribution < -0.4 is 10.5 Å². The van der Waals surface area contributed by atoms with Gasteiger partial charge in [0.2, 0.25) is 5.88 Å². The van der Waals surface area contributed by atoms with Crippen LogP contribution in [0.2, 0.25) is 0 Å². The largest absolute Gasteiger partial charge is 0.478 e. The third kappa shape index (κ3) is 4.28. The fourth-order valence-corrected chi connectivity index (χ4v) is 1.97. The lowest BCUT2D eigenvalue weighted by atomic mass is 10.1. The molecule has 0 bridgehead atoms. The zero-order chi connectivity index (χ0) is 14.4. The number of hydrogen-bond acceptors (Lipinski definition) is 4. The van der Waals surface area contributed by atoms with E-state index >= 15 is 0 Å². The molecule has 0 atom stereocenters. The van der Waals surface area contributed by atoms with E-state index in [-0.39, 0.29) is 0 Å². The zero-order valence-electron chi connectivity index (χ0n) is 11.4. The van der Waals surface area contributed by atoms with Crippen LogP contribution in [0.3, 0.4) is 0 Å². The van der Waals surface area contributed by atoms with Gasteiger partial charge in [-0.1, -0.05) is 12.2 Å². The highest BCUT2D eigenvalue weighted by atomic mass is 32.1. The molecule has 0 aliphatic rings. The van der Waals surface area contributed by atoms with Crippen LogP contribution in [0.15, 0.2) is 36.7 Å². The van der Waals surface area contributed by atoms with Crippen molar-refractivity contribution in [2.45, 2.75) is 19.8 Å². The van der Waals surface area contributed by atoms with Gasteiger partial charge >= 0.3 is 0 Å². The van der Waals surface area contributed by atoms with Crippen LogP contribution in [0.4, 0.5) is 0 Å². The molecular formula is C15H17N3OS. The average molecular weight is 287 g/mol. The van der Waals surface area contributed by atoms with Gasteiger partial charge in [0.15, 0.2) is 0 Å². The molecule has 0 saturated carbocycles. The molecule has 2 aromatic rings. The Kier molecular flexibility index (Phi) is 5.01. The van der Waals surface area contributed by atoms with E-state index in [9.17, 15) is 0 Å². The molecular weight excluding hydrogens is 270 g/mol. The van der Waals surface area contributed by atoms with E-state index in [0.29, 0.717) is 17.5 Å². The van der Waals surface area contributed by atoms with Crippen molar-refractivity contribution in [1.82, 2.24) is 9.97 Å². The van der Waals surface area contributed by atoms with E-state index in [2.05, 4.69) is 9.97 Å². The first-order chi connectivity index (χ1) is 9.65. The monoisotopic (exact) mass is 287 g/mol. The highest BCUT2D eigenvalue weighted by Crippen LogP contribution is 2.13. The van der Waals surface area contributed by atoms with Crippen molar-refractivity contribution in [3.8, 4) is 5.88 Å². The van der Waals surface area contributed by atoms with Gasteiger partial charge in [-0.05, 0) is 43.5 Å². The normalized spacial score (nSPS) is 10.2. The summed E-state index contributed by atoms with van der Waals surface area (Å²) in [6.45, 7) is 2.50. The van der Waals surface area contributed by atoms with Gasteiger partial charge in [-0.15, -0.1) is 0 Å². The Bertz CT molecular complexity index is 587. The summed E-state index contributed by atoms with van der Waals surface area (Å²) < 4.78 is 5.66. The molecule has 0 aromatic carbocycles. The average Bonchev–Trinajstić information content (AvgIpc) is 2.44. The van der Waals surface area contributed by atoms with Crippen LogP contribution in [0.25, 0.3) is 0 Å². The molecule has 0 saturated heterocycles. The predicted octanol–water partition coefficient (Wildman–Crippen LogP) is 2.43. The molecule has 0 unspecified atom stereocenters. The molecule has 4 nitrogen and oxygen atoms in total. The summed E-state index contributed by atoms with van der Waals surface area (Å²) in [5.74, 6) is 0.572. The first kappa shape index (κ1) is 14.4. The smallest absolute Gasteiger partial charge is 0.214 e. The number of hydrogen-bond donors (Lipinski definition) is 1. The molecule has 2 rings (SSSR count). The Morgan fingerprint density at radius 3 is 2.75 bits per heavy atom. The van der Waals surface area contributed by atoms with Crippen LogP contribution in [0.1, 0.15) is 23.2 Å². The molecule has 0 fully saturated rings. The number of pyridine rings is 2. The summed E-state index contributed by atoms with van der Waals surface area (Å²) in [4.78, 5) is 8.66. The standard InChI is InChI=1S/C15H17N3OS/c1-11-9-13(15(16)20)10-14(18-11)19-8-2-3-12-4-6-17-7-5-12/h4-7,9-10H,2-3,8H2,1H3,(H2,16,20). The van der Waals surface area contributed by atoms with Crippen molar-refractivity contribution in [3.05, 3.63) is 53.5 Å². The second kappa shape index (κ2) is 6.96. The van der Waals surface area contributed by atoms with Gasteiger partial charge in [-0.25, -0.2) is 4.98 Å². The lowest BCUT2D eigenvalue weighted by molar-refractivity contribution is 0.298. The van der Waals surface area contributed by atoms with E-state index in [1.165, 1.54) is 5.56 Å². The van der Waals surface area contributed by atoms with Crippen LogP contribution in [-0.4, -0.2) is 21.6 Å². The molecule has 104 valence electrons. The van der Waals surface area contributed by atoms with E-state index in [1.807, 2.05) is 25.1 Å². The number of aromatic nitrogens is 2. The summed E-state index contributed by atoms with van der Waals surface area (Å²) in [6.07, 6.45) is 5.47. The quantitative estimate of drug-likeness (QED) is 0.653. The minimum atomic E-state index is 0.358. The van der Waals surface area contributed by atoms with E-state index in [1.54, 1.807) is 18.5 Å². The second-order valence-electron chi connectivity index (χ2n) is 4.51. The minimum Gasteiger partial charge on any atom is -0.478 e. The number of nitrogens with two attached hydrogens (primary N) is 1. The molecule has 2 heterocycles. The molecule has 2 aromatic heterocycles. The van der Waals surface area contributed by atoms with Crippen molar-refractivity contribution in [2.75, 3.05) is 6.61 Å². The van der Waals surface area contributed by atoms with Gasteiger partial charge in [0.1, 0.15) is 4.99 Å². The summed E-state index contributed by atoms with van der Waals surface area (Å²) in [7, 11) is 0. The summed E-state index contributed by atoms with van der Waals surface area (Å²) >= 11 is 4.97. The first-order valence-corrected chi connectivity index (χ1v) is 6.86. The molecule has 20 heavy (non-hydrogen) atoms. The van der Waals surface area contributed by atoms with Gasteiger partial charge in [0, 0.05) is 29.7 Å². The van der Waals surface area contributed by atoms with Gasteiger partial charge < -0.3 is 10.5 Å². The van der Waals surface area contributed by atoms with Crippen LogP contribution in [-0.2, 0) is 6.42 Å². The Balaban J connectivity index is 1.86. The SMILES string of the molecule is Cc1cc(C(N)=S)cc(OCCCc2ccncc2)n1. The molecule has 0 aliphatic carbocycles. The van der Waals surface area contributed by atoms with Crippen molar-refractivity contribution >= 4 is 17.2 Å². The Morgan fingerprint density at radius 1 is 1.30 bits per heavy atom. The number of ether oxygens (including phenoxy) is 1. The number of thiocarbonyl (C=S) groups is 1. The molecule has 2 N–H and O–H groups in total. The fourth-order valence-electron chi connectivity index (χ4n) is 1.86. The third-order valence-electron chi connectivity index (χ3n) is 2.82. The van der Waals surface area contributed by atoms with Crippen LogP contribution >= 0.6 is 12.2 Å². The zero-order valence-corrected chi connectivity index (χ0v) is 12.2. The molecule has 5 heteroatoms. The highest BCUT2D eigenvalue weighted by Gasteiger charge is 2.03. The van der Waals surface area contributed by atoms with Crippen molar-refractivity contribution in [2.24, 2.45) is 5.73 Å². The summed E-state index contributed by atoms with van der Waals surface area (Å²) in [6, 6.07) is 7.65. The number of rotatable bonds is 6. The molecule has 0 aliphatic heterocycles. The lowest BCUT2D eigenvalue weighted by Crippen LogP contribution is -2.11.